The van der Waals surface area contributed by atoms with Gasteiger partial charge in [0.25, 0.3) is 5.91 Å². The number of carboxylic acids is 1. The zero-order chi connectivity index (χ0) is 18.7. The summed E-state index contributed by atoms with van der Waals surface area (Å²) in [6.07, 6.45) is 0.114. The van der Waals surface area contributed by atoms with Crippen LogP contribution in [0.2, 0.25) is 0 Å². The highest BCUT2D eigenvalue weighted by Crippen LogP contribution is 2.25. The Morgan fingerprint density at radius 3 is 2.46 bits per heavy atom. The van der Waals surface area contributed by atoms with Gasteiger partial charge in [0.2, 0.25) is 0 Å². The molecule has 1 fully saturated rings. The minimum Gasteiger partial charge on any atom is -0.548 e. The van der Waals surface area contributed by atoms with E-state index in [0.29, 0.717) is 11.3 Å². The first-order valence-corrected chi connectivity index (χ1v) is 8.28. The van der Waals surface area contributed by atoms with E-state index in [1.807, 2.05) is 43.3 Å². The van der Waals surface area contributed by atoms with Crippen LogP contribution in [-0.2, 0) is 9.63 Å². The maximum absolute atomic E-state index is 12.8. The van der Waals surface area contributed by atoms with Crippen LogP contribution in [0, 0.1) is 6.92 Å². The molecule has 0 aliphatic carbocycles. The topological polar surface area (TPSA) is 82.0 Å². The number of carboxylic acid groups (broad SMARTS) is 1. The Hall–Kier alpha value is -3.15. The number of aliphatic carboxylic acids is 1. The van der Waals surface area contributed by atoms with Crippen molar-refractivity contribution < 1.29 is 19.5 Å². The molecular weight excluding hydrogens is 332 g/mol. The van der Waals surface area contributed by atoms with Crippen LogP contribution >= 0.6 is 0 Å². The fourth-order valence-electron chi connectivity index (χ4n) is 3.18. The fourth-order valence-corrected chi connectivity index (χ4v) is 3.18. The van der Waals surface area contributed by atoms with Crippen molar-refractivity contribution in [3.8, 4) is 11.1 Å². The van der Waals surface area contributed by atoms with E-state index in [1.165, 1.54) is 12.0 Å². The van der Waals surface area contributed by atoms with Crippen LogP contribution in [0.3, 0.4) is 0 Å². The van der Waals surface area contributed by atoms with E-state index in [1.54, 1.807) is 12.1 Å². The van der Waals surface area contributed by atoms with Crippen molar-refractivity contribution >= 4 is 17.6 Å². The summed E-state index contributed by atoms with van der Waals surface area (Å²) in [6.45, 7) is 2.14. The van der Waals surface area contributed by atoms with E-state index in [9.17, 15) is 14.7 Å². The second-order valence-corrected chi connectivity index (χ2v) is 6.20. The lowest BCUT2D eigenvalue weighted by Crippen LogP contribution is -2.47. The molecule has 1 aliphatic rings. The SMILES string of the molecule is CO/N=C1/C[C@@H](C(=O)[O-])N(C(=O)c2ccc(-c3ccccc3C)cc2)C1. The molecule has 3 rings (SSSR count). The molecule has 1 amide bonds. The van der Waals surface area contributed by atoms with Crippen molar-refractivity contribution in [2.24, 2.45) is 5.16 Å². The first kappa shape index (κ1) is 17.7. The first-order valence-electron chi connectivity index (χ1n) is 8.28. The Labute approximate surface area is 151 Å². The van der Waals surface area contributed by atoms with Gasteiger partial charge in [0.05, 0.1) is 24.3 Å². The van der Waals surface area contributed by atoms with Gasteiger partial charge < -0.3 is 19.6 Å². The third-order valence-electron chi connectivity index (χ3n) is 4.50. The quantitative estimate of drug-likeness (QED) is 0.784. The lowest BCUT2D eigenvalue weighted by Gasteiger charge is -2.24. The van der Waals surface area contributed by atoms with Crippen molar-refractivity contribution in [2.75, 3.05) is 13.7 Å². The molecule has 0 saturated carbocycles. The van der Waals surface area contributed by atoms with Crippen molar-refractivity contribution in [3.63, 3.8) is 0 Å². The number of aryl methyl sites for hydroxylation is 1. The maximum Gasteiger partial charge on any atom is 0.254 e. The van der Waals surface area contributed by atoms with Gasteiger partial charge in [-0.3, -0.25) is 4.79 Å². The summed E-state index contributed by atoms with van der Waals surface area (Å²) >= 11 is 0. The summed E-state index contributed by atoms with van der Waals surface area (Å²) in [6, 6.07) is 14.1. The highest BCUT2D eigenvalue weighted by Gasteiger charge is 2.34. The van der Waals surface area contributed by atoms with Gasteiger partial charge in [-0.25, -0.2) is 0 Å². The zero-order valence-electron chi connectivity index (χ0n) is 14.6. The molecule has 0 aromatic heterocycles. The number of nitrogens with zero attached hydrogens (tertiary/aromatic N) is 2. The van der Waals surface area contributed by atoms with Gasteiger partial charge in [-0.05, 0) is 35.7 Å². The number of rotatable bonds is 4. The van der Waals surface area contributed by atoms with Crippen molar-refractivity contribution in [2.45, 2.75) is 19.4 Å². The molecule has 6 nitrogen and oxygen atoms in total. The molecule has 1 atom stereocenters. The van der Waals surface area contributed by atoms with Crippen molar-refractivity contribution in [3.05, 3.63) is 59.7 Å². The zero-order valence-corrected chi connectivity index (χ0v) is 14.6. The predicted octanol–water partition coefficient (Wildman–Crippen LogP) is 1.63. The van der Waals surface area contributed by atoms with Crippen LogP contribution in [0.4, 0.5) is 0 Å². The highest BCUT2D eigenvalue weighted by atomic mass is 16.6. The van der Waals surface area contributed by atoms with E-state index < -0.39 is 12.0 Å². The molecule has 0 spiro atoms. The standard InChI is InChI=1S/C20H20N2O4/c1-13-5-3-4-6-17(13)14-7-9-15(10-8-14)19(23)22-12-16(21-26-2)11-18(22)20(24)25/h3-10,18H,11-12H2,1-2H3,(H,24,25)/p-1/b21-16-/t18-/m0/s1. The van der Waals surface area contributed by atoms with Gasteiger partial charge in [-0.15, -0.1) is 0 Å². The van der Waals surface area contributed by atoms with Crippen molar-refractivity contribution in [1.29, 1.82) is 0 Å². The van der Waals surface area contributed by atoms with E-state index in [2.05, 4.69) is 5.16 Å². The fraction of sp³-hybridized carbons (Fsp3) is 0.250. The third-order valence-corrected chi connectivity index (χ3v) is 4.50. The van der Waals surface area contributed by atoms with Crippen LogP contribution in [0.15, 0.2) is 53.7 Å². The van der Waals surface area contributed by atoms with Gasteiger partial charge in [-0.1, -0.05) is 41.6 Å². The van der Waals surface area contributed by atoms with Crippen LogP contribution in [-0.4, -0.2) is 42.2 Å². The number of carbonyl (C=O) groups is 2. The Kier molecular flexibility index (Phi) is 5.02. The minimum atomic E-state index is -1.30. The number of hydrogen-bond donors (Lipinski definition) is 0. The summed E-state index contributed by atoms with van der Waals surface area (Å²) in [5.74, 6) is -1.66. The van der Waals surface area contributed by atoms with Gasteiger partial charge in [0.15, 0.2) is 0 Å². The Morgan fingerprint density at radius 2 is 1.85 bits per heavy atom. The average molecular weight is 351 g/mol. The second kappa shape index (κ2) is 7.39. The van der Waals surface area contributed by atoms with Gasteiger partial charge >= 0.3 is 0 Å². The van der Waals surface area contributed by atoms with E-state index in [0.717, 1.165) is 16.7 Å². The van der Waals surface area contributed by atoms with Crippen LogP contribution in [0.5, 0.6) is 0 Å². The van der Waals surface area contributed by atoms with E-state index >= 15 is 0 Å². The van der Waals surface area contributed by atoms with Gasteiger partial charge in [0.1, 0.15) is 7.11 Å². The maximum atomic E-state index is 12.8. The third kappa shape index (κ3) is 3.44. The Morgan fingerprint density at radius 1 is 1.15 bits per heavy atom. The Balaban J connectivity index is 1.85. The van der Waals surface area contributed by atoms with Crippen molar-refractivity contribution in [1.82, 2.24) is 4.90 Å². The first-order chi connectivity index (χ1) is 12.5. The monoisotopic (exact) mass is 351 g/mol. The predicted molar refractivity (Wildman–Crippen MR) is 95.5 cm³/mol. The summed E-state index contributed by atoms with van der Waals surface area (Å²) in [7, 11) is 1.38. The van der Waals surface area contributed by atoms with Crippen LogP contribution < -0.4 is 5.11 Å². The molecule has 1 saturated heterocycles. The molecule has 134 valence electrons. The number of benzene rings is 2. The molecule has 0 unspecified atom stereocenters. The molecule has 0 bridgehead atoms. The smallest absolute Gasteiger partial charge is 0.254 e. The second-order valence-electron chi connectivity index (χ2n) is 6.20. The highest BCUT2D eigenvalue weighted by molar-refractivity contribution is 6.04. The lowest BCUT2D eigenvalue weighted by atomic mass is 9.99. The molecular formula is C20H19N2O4-. The molecule has 2 aromatic rings. The number of oxime groups is 1. The number of carbonyl (C=O) groups excluding carboxylic acids is 2. The minimum absolute atomic E-state index is 0.114. The number of hydrogen-bond acceptors (Lipinski definition) is 5. The van der Waals surface area contributed by atoms with Crippen LogP contribution in [0.25, 0.3) is 11.1 Å². The van der Waals surface area contributed by atoms with Gasteiger partial charge in [-0.2, -0.15) is 0 Å². The Bertz CT molecular complexity index is 858. The summed E-state index contributed by atoms with van der Waals surface area (Å²) < 4.78 is 0. The molecule has 1 aliphatic heterocycles. The molecule has 26 heavy (non-hydrogen) atoms. The number of amides is 1. The average Bonchev–Trinajstić information content (AvgIpc) is 3.06. The molecule has 0 N–H and O–H groups in total. The van der Waals surface area contributed by atoms with E-state index in [-0.39, 0.29) is 18.9 Å². The molecule has 2 aromatic carbocycles. The largest absolute Gasteiger partial charge is 0.548 e. The number of likely N-dealkylation sites (tertiary alicyclic amines) is 1. The lowest BCUT2D eigenvalue weighted by molar-refractivity contribution is -0.310. The summed E-state index contributed by atoms with van der Waals surface area (Å²) in [5, 5.41) is 15.2. The molecule has 6 heteroatoms. The molecule has 1 heterocycles. The van der Waals surface area contributed by atoms with E-state index in [4.69, 9.17) is 4.84 Å². The molecule has 0 radical (unpaired) electrons. The van der Waals surface area contributed by atoms with Gasteiger partial charge in [0, 0.05) is 12.0 Å². The van der Waals surface area contributed by atoms with Crippen LogP contribution in [0.1, 0.15) is 22.3 Å². The summed E-state index contributed by atoms with van der Waals surface area (Å²) in [4.78, 5) is 30.1. The normalized spacial score (nSPS) is 18.2. The summed E-state index contributed by atoms with van der Waals surface area (Å²) in [5.41, 5.74) is 4.16.